The van der Waals surface area contributed by atoms with Crippen molar-refractivity contribution in [1.29, 1.82) is 0 Å². The fourth-order valence-corrected chi connectivity index (χ4v) is 5.13. The summed E-state index contributed by atoms with van der Waals surface area (Å²) in [4.78, 5) is 12.9. The van der Waals surface area contributed by atoms with Crippen LogP contribution in [0.25, 0.3) is 0 Å². The zero-order chi connectivity index (χ0) is 23.4. The normalized spacial score (nSPS) is 12.7. The summed E-state index contributed by atoms with van der Waals surface area (Å²) in [6.45, 7) is 2.24. The Labute approximate surface area is 192 Å². The van der Waals surface area contributed by atoms with E-state index in [0.29, 0.717) is 36.1 Å². The first-order valence-electron chi connectivity index (χ1n) is 10.3. The van der Waals surface area contributed by atoms with Crippen molar-refractivity contribution in [3.8, 4) is 17.2 Å². The van der Waals surface area contributed by atoms with Gasteiger partial charge in [-0.2, -0.15) is 0 Å². The Morgan fingerprint density at radius 1 is 1.00 bits per heavy atom. The minimum atomic E-state index is -4.12. The predicted molar refractivity (Wildman–Crippen MR) is 125 cm³/mol. The van der Waals surface area contributed by atoms with Gasteiger partial charge in [0.1, 0.15) is 30.4 Å². The lowest BCUT2D eigenvalue weighted by molar-refractivity contribution is -0.114. The molecule has 1 aliphatic heterocycles. The molecule has 0 spiro atoms. The number of nitrogens with one attached hydrogen (secondary N) is 1. The van der Waals surface area contributed by atoms with Gasteiger partial charge >= 0.3 is 0 Å². The number of nitrogens with zero attached hydrogens (tertiary/aromatic N) is 1. The molecule has 0 saturated carbocycles. The van der Waals surface area contributed by atoms with Gasteiger partial charge in [-0.05, 0) is 48.9 Å². The Morgan fingerprint density at radius 3 is 2.45 bits per heavy atom. The Kier molecular flexibility index (Phi) is 6.41. The molecule has 1 heterocycles. The molecule has 0 bridgehead atoms. The highest BCUT2D eigenvalue weighted by Crippen LogP contribution is 2.33. The average molecular weight is 469 g/mol. The highest BCUT2D eigenvalue weighted by Gasteiger charge is 2.30. The van der Waals surface area contributed by atoms with Crippen LogP contribution in [0.15, 0.2) is 71.6 Å². The second-order valence-corrected chi connectivity index (χ2v) is 9.24. The third kappa shape index (κ3) is 4.88. The van der Waals surface area contributed by atoms with E-state index in [1.807, 2.05) is 0 Å². The Bertz CT molecular complexity index is 1260. The summed E-state index contributed by atoms with van der Waals surface area (Å²) in [6.07, 6.45) is 0. The first kappa shape index (κ1) is 22.5. The van der Waals surface area contributed by atoms with Gasteiger partial charge < -0.3 is 19.5 Å². The van der Waals surface area contributed by atoms with Gasteiger partial charge in [0, 0.05) is 11.8 Å². The van der Waals surface area contributed by atoms with Crippen LogP contribution in [-0.2, 0) is 14.8 Å². The van der Waals surface area contributed by atoms with E-state index in [4.69, 9.17) is 14.2 Å². The van der Waals surface area contributed by atoms with Crippen LogP contribution in [0.5, 0.6) is 17.2 Å². The largest absolute Gasteiger partial charge is 0.495 e. The second-order valence-electron chi connectivity index (χ2n) is 7.41. The number of rotatable bonds is 7. The molecule has 172 valence electrons. The molecule has 0 aromatic heterocycles. The van der Waals surface area contributed by atoms with Gasteiger partial charge in [-0.15, -0.1) is 0 Å². The number of benzene rings is 3. The fourth-order valence-electron chi connectivity index (χ4n) is 3.47. The molecule has 1 N–H and O–H groups in total. The number of amides is 1. The topological polar surface area (TPSA) is 94.2 Å². The van der Waals surface area contributed by atoms with Gasteiger partial charge in [0.05, 0.1) is 12.8 Å². The summed E-state index contributed by atoms with van der Waals surface area (Å²) < 4.78 is 44.8. The van der Waals surface area contributed by atoms with Gasteiger partial charge in [0.15, 0.2) is 11.5 Å². The number of anilines is 2. The molecule has 0 radical (unpaired) electrons. The quantitative estimate of drug-likeness (QED) is 0.569. The van der Waals surface area contributed by atoms with E-state index >= 15 is 0 Å². The maximum Gasteiger partial charge on any atom is 0.268 e. The average Bonchev–Trinajstić information content (AvgIpc) is 2.83. The zero-order valence-electron chi connectivity index (χ0n) is 18.3. The zero-order valence-corrected chi connectivity index (χ0v) is 19.1. The number of hydrogen-bond donors (Lipinski definition) is 1. The monoisotopic (exact) mass is 468 g/mol. The second kappa shape index (κ2) is 9.41. The molecule has 0 saturated heterocycles. The van der Waals surface area contributed by atoms with Crippen molar-refractivity contribution in [3.05, 3.63) is 72.3 Å². The van der Waals surface area contributed by atoms with E-state index in [2.05, 4.69) is 5.32 Å². The molecule has 1 amide bonds. The highest BCUT2D eigenvalue weighted by molar-refractivity contribution is 7.93. The minimum Gasteiger partial charge on any atom is -0.495 e. The van der Waals surface area contributed by atoms with Gasteiger partial charge in [-0.3, -0.25) is 9.10 Å². The molecule has 0 aliphatic carbocycles. The molecule has 3 aromatic carbocycles. The lowest BCUT2D eigenvalue weighted by Gasteiger charge is -2.25. The summed E-state index contributed by atoms with van der Waals surface area (Å²) in [7, 11) is -2.71. The molecular weight excluding hydrogens is 444 g/mol. The predicted octanol–water partition coefficient (Wildman–Crippen LogP) is 3.61. The summed E-state index contributed by atoms with van der Waals surface area (Å²) in [5.74, 6) is 0.815. The molecule has 1 aliphatic rings. The maximum absolute atomic E-state index is 13.7. The molecule has 4 rings (SSSR count). The first-order valence-corrected chi connectivity index (χ1v) is 11.7. The van der Waals surface area contributed by atoms with E-state index in [0.717, 1.165) is 9.87 Å². The van der Waals surface area contributed by atoms with Crippen molar-refractivity contribution in [2.45, 2.75) is 11.8 Å². The molecule has 0 fully saturated rings. The van der Waals surface area contributed by atoms with Crippen LogP contribution in [0.3, 0.4) is 0 Å². The number of sulfonamides is 1. The van der Waals surface area contributed by atoms with Crippen LogP contribution < -0.4 is 23.8 Å². The minimum absolute atomic E-state index is 0.0130. The number of para-hydroxylation sites is 1. The number of carbonyl (C=O) groups excluding carboxylic acids is 1. The molecular formula is C24H24N2O6S. The third-order valence-corrected chi connectivity index (χ3v) is 6.84. The lowest BCUT2D eigenvalue weighted by Crippen LogP contribution is -2.38. The Morgan fingerprint density at radius 2 is 1.73 bits per heavy atom. The van der Waals surface area contributed by atoms with Crippen LogP contribution in [0.4, 0.5) is 11.4 Å². The number of aryl methyl sites for hydroxylation is 1. The van der Waals surface area contributed by atoms with Crippen molar-refractivity contribution in [2.24, 2.45) is 0 Å². The van der Waals surface area contributed by atoms with E-state index in [1.54, 1.807) is 67.6 Å². The molecule has 0 unspecified atom stereocenters. The highest BCUT2D eigenvalue weighted by atomic mass is 32.2. The summed E-state index contributed by atoms with van der Waals surface area (Å²) >= 11 is 0. The van der Waals surface area contributed by atoms with Gasteiger partial charge in [0.2, 0.25) is 5.91 Å². The van der Waals surface area contributed by atoms with Gasteiger partial charge in [-0.25, -0.2) is 8.42 Å². The van der Waals surface area contributed by atoms with E-state index in [1.165, 1.54) is 13.2 Å². The Hall–Kier alpha value is -3.72. The third-order valence-electron chi connectivity index (χ3n) is 5.04. The first-order chi connectivity index (χ1) is 15.9. The van der Waals surface area contributed by atoms with Crippen LogP contribution in [0.1, 0.15) is 5.56 Å². The van der Waals surface area contributed by atoms with Crippen LogP contribution in [0, 0.1) is 6.92 Å². The molecule has 8 nitrogen and oxygen atoms in total. The number of ether oxygens (including phenoxy) is 3. The summed E-state index contributed by atoms with van der Waals surface area (Å²) in [5, 5.41) is 2.74. The van der Waals surface area contributed by atoms with E-state index < -0.39 is 22.5 Å². The van der Waals surface area contributed by atoms with Crippen LogP contribution >= 0.6 is 0 Å². The SMILES string of the molecule is COc1ccc(C)cc1S(=O)(=O)N(CC(=O)Nc1ccc2c(c1)OCCO2)c1ccccc1. The van der Waals surface area contributed by atoms with E-state index in [-0.39, 0.29) is 10.6 Å². The molecule has 33 heavy (non-hydrogen) atoms. The lowest BCUT2D eigenvalue weighted by atomic mass is 10.2. The van der Waals surface area contributed by atoms with E-state index in [9.17, 15) is 13.2 Å². The maximum atomic E-state index is 13.7. The smallest absolute Gasteiger partial charge is 0.268 e. The number of methoxy groups -OCH3 is 1. The van der Waals surface area contributed by atoms with Gasteiger partial charge in [0.25, 0.3) is 10.0 Å². The van der Waals surface area contributed by atoms with Crippen molar-refractivity contribution < 1.29 is 27.4 Å². The van der Waals surface area contributed by atoms with Crippen LogP contribution in [-0.4, -0.2) is 41.2 Å². The number of hydrogen-bond acceptors (Lipinski definition) is 6. The molecule has 3 aromatic rings. The Balaban J connectivity index is 1.64. The summed E-state index contributed by atoms with van der Waals surface area (Å²) in [5.41, 5.74) is 1.59. The van der Waals surface area contributed by atoms with Crippen molar-refractivity contribution in [1.82, 2.24) is 0 Å². The van der Waals surface area contributed by atoms with Crippen molar-refractivity contribution in [3.63, 3.8) is 0 Å². The molecule has 9 heteroatoms. The number of carbonyl (C=O) groups is 1. The summed E-state index contributed by atoms with van der Waals surface area (Å²) in [6, 6.07) is 18.4. The van der Waals surface area contributed by atoms with Gasteiger partial charge in [-0.1, -0.05) is 24.3 Å². The standard InChI is InChI=1S/C24H24N2O6S/c1-17-8-10-21(30-2)23(14-17)33(28,29)26(19-6-4-3-5-7-19)16-24(27)25-18-9-11-20-22(15-18)32-13-12-31-20/h3-11,14-15H,12-13,16H2,1-2H3,(H,25,27). The van der Waals surface area contributed by atoms with Crippen LogP contribution in [0.2, 0.25) is 0 Å². The van der Waals surface area contributed by atoms with Crippen molar-refractivity contribution in [2.75, 3.05) is 36.5 Å². The number of fused-ring (bicyclic) bond motifs is 1. The molecule has 0 atom stereocenters. The van der Waals surface area contributed by atoms with Crippen molar-refractivity contribution >= 4 is 27.3 Å². The fraction of sp³-hybridized carbons (Fsp3) is 0.208.